The number of fused-ring (bicyclic) bond motifs is 2. The van der Waals surface area contributed by atoms with Crippen LogP contribution in [0.4, 0.5) is 17.6 Å². The number of nitrogens with one attached hydrogen (secondary N) is 1. The van der Waals surface area contributed by atoms with E-state index in [2.05, 4.69) is 5.32 Å². The molecule has 0 bridgehead atoms. The number of aromatic hydroxyl groups is 1. The van der Waals surface area contributed by atoms with Crippen LogP contribution in [0.1, 0.15) is 46.7 Å². The van der Waals surface area contributed by atoms with E-state index in [1.165, 1.54) is 6.92 Å². The summed E-state index contributed by atoms with van der Waals surface area (Å²) in [5.41, 5.74) is -2.59. The van der Waals surface area contributed by atoms with E-state index in [0.717, 1.165) is 22.9 Å². The molecule has 0 saturated carbocycles. The number of carbonyl (C=O) groups excluding carboxylic acids is 2. The maximum absolute atomic E-state index is 15.0. The number of halogens is 4. The molecule has 34 heavy (non-hydrogen) atoms. The summed E-state index contributed by atoms with van der Waals surface area (Å²) in [4.78, 5) is 38.3. The minimum atomic E-state index is -3.59. The van der Waals surface area contributed by atoms with Gasteiger partial charge in [-0.3, -0.25) is 14.4 Å². The van der Waals surface area contributed by atoms with Crippen LogP contribution < -0.4 is 10.7 Å². The number of hydrogen-bond acceptors (Lipinski definition) is 5. The Morgan fingerprint density at radius 2 is 2.00 bits per heavy atom. The van der Waals surface area contributed by atoms with Crippen molar-refractivity contribution in [2.24, 2.45) is 5.92 Å². The molecule has 1 aromatic carbocycles. The lowest BCUT2D eigenvalue weighted by Gasteiger charge is -2.50. The largest absolute Gasteiger partial charge is 0.503 e. The molecular formula is C22H21F4N3O5. The monoisotopic (exact) mass is 483 g/mol. The third kappa shape index (κ3) is 3.71. The third-order valence-corrected chi connectivity index (χ3v) is 6.18. The molecule has 12 heteroatoms. The van der Waals surface area contributed by atoms with Crippen LogP contribution in [0.2, 0.25) is 0 Å². The van der Waals surface area contributed by atoms with Crippen molar-refractivity contribution in [3.63, 3.8) is 0 Å². The minimum absolute atomic E-state index is 0.0552. The highest BCUT2D eigenvalue weighted by molar-refractivity contribution is 5.99. The van der Waals surface area contributed by atoms with Gasteiger partial charge in [0.05, 0.1) is 18.6 Å². The zero-order valence-electron chi connectivity index (χ0n) is 18.1. The fraction of sp³-hybridized carbons (Fsp3) is 0.409. The van der Waals surface area contributed by atoms with E-state index in [0.29, 0.717) is 6.07 Å². The summed E-state index contributed by atoms with van der Waals surface area (Å²) in [6.07, 6.45) is -0.997. The Kier molecular flexibility index (Phi) is 5.88. The molecule has 2 amide bonds. The molecule has 3 heterocycles. The van der Waals surface area contributed by atoms with Crippen LogP contribution in [0.5, 0.6) is 5.75 Å². The van der Waals surface area contributed by atoms with E-state index < -0.39 is 76.7 Å². The first-order valence-corrected chi connectivity index (χ1v) is 10.5. The molecular weight excluding hydrogens is 462 g/mol. The van der Waals surface area contributed by atoms with Gasteiger partial charge in [-0.05, 0) is 12.5 Å². The normalized spacial score (nSPS) is 23.3. The second-order valence-corrected chi connectivity index (χ2v) is 8.23. The van der Waals surface area contributed by atoms with Crippen LogP contribution in [-0.4, -0.2) is 44.8 Å². The number of amides is 2. The summed E-state index contributed by atoms with van der Waals surface area (Å²) < 4.78 is 63.6. The molecule has 2 aliphatic rings. The number of hydrogen-bond donors (Lipinski definition) is 2. The molecule has 8 nitrogen and oxygen atoms in total. The second-order valence-electron chi connectivity index (χ2n) is 8.23. The van der Waals surface area contributed by atoms with Crippen molar-refractivity contribution in [1.82, 2.24) is 14.8 Å². The molecule has 1 saturated heterocycles. The quantitative estimate of drug-likeness (QED) is 0.515. The molecule has 2 aromatic rings. The maximum atomic E-state index is 15.0. The molecule has 1 fully saturated rings. The van der Waals surface area contributed by atoms with Gasteiger partial charge in [0.15, 0.2) is 17.7 Å². The minimum Gasteiger partial charge on any atom is -0.503 e. The van der Waals surface area contributed by atoms with Crippen LogP contribution in [0.25, 0.3) is 0 Å². The predicted octanol–water partition coefficient (Wildman–Crippen LogP) is 2.58. The van der Waals surface area contributed by atoms with Crippen LogP contribution in [0, 0.1) is 17.6 Å². The topological polar surface area (TPSA) is 101 Å². The van der Waals surface area contributed by atoms with E-state index in [9.17, 15) is 28.3 Å². The summed E-state index contributed by atoms with van der Waals surface area (Å²) in [5, 5.41) is 12.7. The summed E-state index contributed by atoms with van der Waals surface area (Å²) in [6.45, 7) is 2.16. The highest BCUT2D eigenvalue weighted by atomic mass is 19.3. The Morgan fingerprint density at radius 1 is 1.29 bits per heavy atom. The number of pyridine rings is 1. The van der Waals surface area contributed by atoms with Crippen LogP contribution in [0.15, 0.2) is 29.2 Å². The Balaban J connectivity index is 1.66. The van der Waals surface area contributed by atoms with E-state index >= 15 is 8.78 Å². The average molecular weight is 483 g/mol. The highest BCUT2D eigenvalue weighted by Crippen LogP contribution is 2.43. The van der Waals surface area contributed by atoms with Crippen molar-refractivity contribution < 1.29 is 37.0 Å². The van der Waals surface area contributed by atoms with Crippen molar-refractivity contribution in [2.75, 3.05) is 0 Å². The Morgan fingerprint density at radius 3 is 2.65 bits per heavy atom. The number of nitrogens with zero attached hydrogens (tertiary/aromatic N) is 2. The van der Waals surface area contributed by atoms with Gasteiger partial charge >= 0.3 is 6.05 Å². The van der Waals surface area contributed by atoms with Crippen molar-refractivity contribution >= 4 is 11.8 Å². The number of aromatic nitrogens is 1. The Labute approximate surface area is 190 Å². The van der Waals surface area contributed by atoms with Gasteiger partial charge in [0, 0.05) is 24.4 Å². The van der Waals surface area contributed by atoms with Gasteiger partial charge in [-0.2, -0.15) is 8.78 Å². The molecule has 0 spiro atoms. The molecule has 4 rings (SSSR count). The number of benzene rings is 1. The van der Waals surface area contributed by atoms with E-state index in [-0.39, 0.29) is 23.4 Å². The molecule has 1 aromatic heterocycles. The summed E-state index contributed by atoms with van der Waals surface area (Å²) in [5.74, 6) is -6.52. The fourth-order valence-corrected chi connectivity index (χ4v) is 4.25. The molecule has 0 radical (unpaired) electrons. The SMILES string of the molecule is CCC1OC2Cn3cc(C(=O)NCc4ccc(F)cc4F)c(=O)c(O)c3C(=O)N2C(F)(F)C1C. The van der Waals surface area contributed by atoms with Gasteiger partial charge < -0.3 is 19.7 Å². The predicted molar refractivity (Wildman–Crippen MR) is 109 cm³/mol. The van der Waals surface area contributed by atoms with E-state index in [4.69, 9.17) is 4.74 Å². The standard InChI is InChI=1S/C22H21F4N3O5/c1-3-15-10(2)22(25,26)29-16(34-15)9-28-8-13(18(30)19(31)17(28)21(29)33)20(32)27-7-11-4-5-12(23)6-14(11)24/h4-6,8,10,15-16,31H,3,7,9H2,1-2H3,(H,27,32). The molecule has 3 atom stereocenters. The Bertz CT molecular complexity index is 1230. The molecule has 2 aliphatic heterocycles. The van der Waals surface area contributed by atoms with Gasteiger partial charge in [-0.25, -0.2) is 13.7 Å². The first kappa shape index (κ1) is 23.7. The van der Waals surface area contributed by atoms with Crippen LogP contribution >= 0.6 is 0 Å². The van der Waals surface area contributed by atoms with Gasteiger partial charge in [0.2, 0.25) is 5.43 Å². The fourth-order valence-electron chi connectivity index (χ4n) is 4.25. The number of carbonyl (C=O) groups is 2. The molecule has 3 unspecified atom stereocenters. The van der Waals surface area contributed by atoms with E-state index in [1.54, 1.807) is 6.92 Å². The number of rotatable bonds is 4. The van der Waals surface area contributed by atoms with Gasteiger partial charge in [-0.15, -0.1) is 0 Å². The molecule has 2 N–H and O–H groups in total. The number of alkyl halides is 2. The van der Waals surface area contributed by atoms with Crippen LogP contribution in [-0.2, 0) is 17.8 Å². The summed E-state index contributed by atoms with van der Waals surface area (Å²) >= 11 is 0. The Hall–Kier alpha value is -3.41. The zero-order chi connectivity index (χ0) is 24.9. The van der Waals surface area contributed by atoms with Gasteiger partial charge in [-0.1, -0.05) is 19.9 Å². The average Bonchev–Trinajstić information content (AvgIpc) is 2.77. The summed E-state index contributed by atoms with van der Waals surface area (Å²) in [7, 11) is 0. The summed E-state index contributed by atoms with van der Waals surface area (Å²) in [6, 6.07) is -0.862. The maximum Gasteiger partial charge on any atom is 0.335 e. The van der Waals surface area contributed by atoms with Crippen molar-refractivity contribution in [1.29, 1.82) is 0 Å². The highest BCUT2D eigenvalue weighted by Gasteiger charge is 2.58. The van der Waals surface area contributed by atoms with Gasteiger partial charge in [0.1, 0.15) is 17.2 Å². The molecule has 0 aliphatic carbocycles. The van der Waals surface area contributed by atoms with Crippen molar-refractivity contribution in [2.45, 2.75) is 51.7 Å². The molecule has 182 valence electrons. The van der Waals surface area contributed by atoms with Crippen molar-refractivity contribution in [3.05, 3.63) is 63.1 Å². The lowest BCUT2D eigenvalue weighted by atomic mass is 9.95. The smallest absolute Gasteiger partial charge is 0.335 e. The lowest BCUT2D eigenvalue weighted by molar-refractivity contribution is -0.301. The first-order valence-electron chi connectivity index (χ1n) is 10.5. The number of ether oxygens (including phenoxy) is 1. The van der Waals surface area contributed by atoms with Gasteiger partial charge in [0.25, 0.3) is 11.8 Å². The lowest BCUT2D eigenvalue weighted by Crippen LogP contribution is -2.66. The zero-order valence-corrected chi connectivity index (χ0v) is 18.1. The van der Waals surface area contributed by atoms with Crippen molar-refractivity contribution in [3.8, 4) is 5.75 Å². The first-order chi connectivity index (χ1) is 16.0. The second kappa shape index (κ2) is 8.42. The van der Waals surface area contributed by atoms with E-state index in [1.807, 2.05) is 0 Å². The third-order valence-electron chi connectivity index (χ3n) is 6.18. The van der Waals surface area contributed by atoms with Crippen LogP contribution in [0.3, 0.4) is 0 Å².